The first-order chi connectivity index (χ1) is 17.7. The summed E-state index contributed by atoms with van der Waals surface area (Å²) in [4.78, 5) is 15.8. The van der Waals surface area contributed by atoms with Crippen molar-refractivity contribution in [3.63, 3.8) is 0 Å². The maximum Gasteiger partial charge on any atom is 0.362 e. The first-order valence-electron chi connectivity index (χ1n) is 12.1. The van der Waals surface area contributed by atoms with Crippen LogP contribution in [0.1, 0.15) is 28.3 Å². The minimum Gasteiger partial charge on any atom is -0.477 e. The zero-order valence-electron chi connectivity index (χ0n) is 20.1. The van der Waals surface area contributed by atoms with E-state index in [2.05, 4.69) is 16.1 Å². The summed E-state index contributed by atoms with van der Waals surface area (Å²) in [5.41, 5.74) is 2.30. The zero-order chi connectivity index (χ0) is 25.0. The van der Waals surface area contributed by atoms with Crippen LogP contribution >= 0.6 is 0 Å². The van der Waals surface area contributed by atoms with Gasteiger partial charge in [-0.05, 0) is 17.7 Å². The molecule has 0 fully saturated rings. The van der Waals surface area contributed by atoms with Crippen LogP contribution < -0.4 is 0 Å². The molecule has 1 heterocycles. The van der Waals surface area contributed by atoms with Crippen molar-refractivity contribution in [2.45, 2.75) is 18.1 Å². The molecule has 0 saturated heterocycles. The summed E-state index contributed by atoms with van der Waals surface area (Å²) < 4.78 is 2.20. The molecule has 4 nitrogen and oxygen atoms in total. The highest BCUT2D eigenvalue weighted by Gasteiger charge is 2.67. The van der Waals surface area contributed by atoms with Gasteiger partial charge < -0.3 is 5.11 Å². The van der Waals surface area contributed by atoms with Crippen LogP contribution in [-0.2, 0) is 16.9 Å². The molecular formula is C32H29N2O2+. The number of aliphatic carboxylic acids is 1. The molecule has 0 radical (unpaired) electrons. The number of hydrogen-bond acceptors (Lipinski definition) is 2. The van der Waals surface area contributed by atoms with E-state index < -0.39 is 17.6 Å². The third kappa shape index (κ3) is 3.91. The highest BCUT2D eigenvalue weighted by Crippen LogP contribution is 2.49. The summed E-state index contributed by atoms with van der Waals surface area (Å²) in [5, 5.41) is 11.2. The van der Waals surface area contributed by atoms with Crippen molar-refractivity contribution in [3.05, 3.63) is 156 Å². The van der Waals surface area contributed by atoms with Gasteiger partial charge in [0.1, 0.15) is 13.1 Å². The Morgan fingerprint density at radius 1 is 0.833 bits per heavy atom. The van der Waals surface area contributed by atoms with Gasteiger partial charge in [0.05, 0.1) is 5.56 Å². The first-order valence-corrected chi connectivity index (χ1v) is 12.1. The van der Waals surface area contributed by atoms with E-state index in [-0.39, 0.29) is 0 Å². The Labute approximate surface area is 212 Å². The molecule has 0 aliphatic carbocycles. The molecule has 4 heteroatoms. The van der Waals surface area contributed by atoms with Crippen LogP contribution in [0.2, 0.25) is 0 Å². The number of rotatable bonds is 8. The monoisotopic (exact) mass is 473 g/mol. The van der Waals surface area contributed by atoms with Crippen molar-refractivity contribution in [2.24, 2.45) is 0 Å². The van der Waals surface area contributed by atoms with Crippen molar-refractivity contribution in [1.82, 2.24) is 4.90 Å². The molecule has 0 aromatic heterocycles. The van der Waals surface area contributed by atoms with Crippen molar-refractivity contribution >= 4 is 11.8 Å². The van der Waals surface area contributed by atoms with Crippen LogP contribution in [0.4, 0.5) is 0 Å². The Kier molecular flexibility index (Phi) is 6.50. The predicted molar refractivity (Wildman–Crippen MR) is 143 cm³/mol. The third-order valence-electron chi connectivity index (χ3n) is 6.86. The van der Waals surface area contributed by atoms with Crippen molar-refractivity contribution in [2.75, 3.05) is 6.54 Å². The van der Waals surface area contributed by atoms with Crippen molar-refractivity contribution in [1.29, 1.82) is 0 Å². The standard InChI is InChI=1S/C32H28N2O2/c1-2-23-33-29(26-17-9-4-10-18-26)32(31(35)36,28-21-13-6-14-22-28)34(24-25-15-7-3-8-16-25)30(33)27-19-11-5-12-20-27/h2-22,29H,1,23-24H2/p+1. The van der Waals surface area contributed by atoms with Gasteiger partial charge in [0.25, 0.3) is 11.4 Å². The van der Waals surface area contributed by atoms with Crippen LogP contribution in [0, 0.1) is 0 Å². The lowest BCUT2D eigenvalue weighted by molar-refractivity contribution is -0.561. The van der Waals surface area contributed by atoms with Gasteiger partial charge in [-0.3, -0.25) is 0 Å². The van der Waals surface area contributed by atoms with Crippen molar-refractivity contribution < 1.29 is 14.5 Å². The number of carboxylic acid groups (broad SMARTS) is 1. The maximum atomic E-state index is 13.7. The highest BCUT2D eigenvalue weighted by molar-refractivity contribution is 6.01. The van der Waals surface area contributed by atoms with Gasteiger partial charge in [0, 0.05) is 11.1 Å². The van der Waals surface area contributed by atoms with Crippen LogP contribution in [0.3, 0.4) is 0 Å². The van der Waals surface area contributed by atoms with Gasteiger partial charge in [-0.25, -0.2) is 14.3 Å². The molecule has 0 amide bonds. The Balaban J connectivity index is 1.88. The van der Waals surface area contributed by atoms with Gasteiger partial charge >= 0.3 is 5.97 Å². The van der Waals surface area contributed by atoms with E-state index in [9.17, 15) is 9.90 Å². The number of nitrogens with zero attached hydrogens (tertiary/aromatic N) is 2. The molecule has 5 rings (SSSR count). The van der Waals surface area contributed by atoms with E-state index in [0.29, 0.717) is 13.1 Å². The van der Waals surface area contributed by atoms with E-state index in [0.717, 1.165) is 28.1 Å². The fraction of sp³-hybridized carbons (Fsp3) is 0.125. The van der Waals surface area contributed by atoms with Gasteiger partial charge in [0.15, 0.2) is 6.04 Å². The van der Waals surface area contributed by atoms with Crippen LogP contribution in [0.5, 0.6) is 0 Å². The molecule has 178 valence electrons. The molecule has 2 atom stereocenters. The lowest BCUT2D eigenvalue weighted by atomic mass is 9.78. The fourth-order valence-corrected chi connectivity index (χ4v) is 5.44. The normalized spacial score (nSPS) is 19.3. The number of amidine groups is 1. The minimum absolute atomic E-state index is 0.434. The van der Waals surface area contributed by atoms with Crippen LogP contribution in [-0.4, -0.2) is 32.9 Å². The maximum absolute atomic E-state index is 13.7. The van der Waals surface area contributed by atoms with E-state index in [1.165, 1.54) is 0 Å². The molecule has 0 saturated carbocycles. The second-order valence-electron chi connectivity index (χ2n) is 8.95. The van der Waals surface area contributed by atoms with E-state index in [4.69, 9.17) is 0 Å². The summed E-state index contributed by atoms with van der Waals surface area (Å²) >= 11 is 0. The second kappa shape index (κ2) is 10.0. The molecule has 36 heavy (non-hydrogen) atoms. The number of carbonyl (C=O) groups is 1. The molecule has 4 aromatic rings. The Hall–Kier alpha value is -4.44. The molecule has 2 unspecified atom stereocenters. The van der Waals surface area contributed by atoms with E-state index >= 15 is 0 Å². The molecular weight excluding hydrogens is 444 g/mol. The summed E-state index contributed by atoms with van der Waals surface area (Å²) in [6.45, 7) is 4.96. The third-order valence-corrected chi connectivity index (χ3v) is 6.86. The molecule has 1 aliphatic heterocycles. The van der Waals surface area contributed by atoms with Crippen LogP contribution in [0.25, 0.3) is 0 Å². The quantitative estimate of drug-likeness (QED) is 0.257. The zero-order valence-corrected chi connectivity index (χ0v) is 20.1. The molecule has 1 aliphatic rings. The molecule has 0 spiro atoms. The number of carboxylic acids is 1. The minimum atomic E-state index is -1.38. The van der Waals surface area contributed by atoms with E-state index in [1.807, 2.05) is 127 Å². The smallest absolute Gasteiger partial charge is 0.362 e. The second-order valence-corrected chi connectivity index (χ2v) is 8.95. The SMILES string of the molecule is C=CC[N+]1=C(c2ccccc2)N(Cc2ccccc2)C(C(=O)O)(c2ccccc2)C1c1ccccc1. The van der Waals surface area contributed by atoms with E-state index in [1.54, 1.807) is 0 Å². The molecule has 4 aromatic carbocycles. The van der Waals surface area contributed by atoms with Crippen LogP contribution in [0.15, 0.2) is 134 Å². The topological polar surface area (TPSA) is 43.5 Å². The van der Waals surface area contributed by atoms with Gasteiger partial charge in [-0.15, -0.1) is 0 Å². The number of benzene rings is 4. The van der Waals surface area contributed by atoms with Gasteiger partial charge in [-0.2, -0.15) is 0 Å². The Morgan fingerprint density at radius 2 is 1.36 bits per heavy atom. The summed E-state index contributed by atoms with van der Waals surface area (Å²) in [6, 6.07) is 39.2. The summed E-state index contributed by atoms with van der Waals surface area (Å²) in [6.07, 6.45) is 1.85. The lowest BCUT2D eigenvalue weighted by Crippen LogP contribution is -2.53. The highest BCUT2D eigenvalue weighted by atomic mass is 16.4. The Bertz CT molecular complexity index is 1370. The summed E-state index contributed by atoms with van der Waals surface area (Å²) in [5.74, 6) is -0.0158. The first kappa shape index (κ1) is 23.3. The van der Waals surface area contributed by atoms with Gasteiger partial charge in [0.2, 0.25) is 0 Å². The lowest BCUT2D eigenvalue weighted by Gasteiger charge is -2.35. The fourth-order valence-electron chi connectivity index (χ4n) is 5.44. The Morgan fingerprint density at radius 3 is 1.92 bits per heavy atom. The predicted octanol–water partition coefficient (Wildman–Crippen LogP) is 5.87. The largest absolute Gasteiger partial charge is 0.477 e. The van der Waals surface area contributed by atoms with Gasteiger partial charge in [-0.1, -0.05) is 122 Å². The van der Waals surface area contributed by atoms with Crippen molar-refractivity contribution in [3.8, 4) is 0 Å². The molecule has 0 bridgehead atoms. The average Bonchev–Trinajstić information content (AvgIpc) is 3.21. The number of hydrogen-bond donors (Lipinski definition) is 1. The molecule has 1 N–H and O–H groups in total. The summed E-state index contributed by atoms with van der Waals surface area (Å²) in [7, 11) is 0. The average molecular weight is 474 g/mol.